The van der Waals surface area contributed by atoms with E-state index in [0.717, 1.165) is 31.5 Å². The normalized spacial score (nSPS) is 16.3. The third-order valence-electron chi connectivity index (χ3n) is 3.24. The van der Waals surface area contributed by atoms with Crippen molar-refractivity contribution in [3.8, 4) is 0 Å². The Morgan fingerprint density at radius 3 is 2.79 bits per heavy atom. The van der Waals surface area contributed by atoms with Gasteiger partial charge in [0.25, 0.3) is 0 Å². The van der Waals surface area contributed by atoms with E-state index >= 15 is 0 Å². The first-order chi connectivity index (χ1) is 9.11. The van der Waals surface area contributed by atoms with Crippen molar-refractivity contribution in [3.63, 3.8) is 0 Å². The van der Waals surface area contributed by atoms with Crippen LogP contribution in [0.25, 0.3) is 0 Å². The van der Waals surface area contributed by atoms with Crippen LogP contribution in [-0.2, 0) is 4.79 Å². The predicted octanol–water partition coefficient (Wildman–Crippen LogP) is 0.493. The molecule has 104 valence electrons. The Hall–Kier alpha value is -1.89. The summed E-state index contributed by atoms with van der Waals surface area (Å²) in [5.74, 6) is 6.35. The summed E-state index contributed by atoms with van der Waals surface area (Å²) in [4.78, 5) is 22.3. The number of hydrogen-bond donors (Lipinski definition) is 3. The van der Waals surface area contributed by atoms with Gasteiger partial charge in [-0.2, -0.15) is 4.98 Å². The summed E-state index contributed by atoms with van der Waals surface area (Å²) in [5, 5.41) is 3.12. The zero-order valence-corrected chi connectivity index (χ0v) is 11.3. The van der Waals surface area contributed by atoms with E-state index < -0.39 is 0 Å². The minimum absolute atomic E-state index is 0.109. The van der Waals surface area contributed by atoms with Gasteiger partial charge in [-0.25, -0.2) is 10.8 Å². The summed E-state index contributed by atoms with van der Waals surface area (Å²) in [6.45, 7) is 5.43. The van der Waals surface area contributed by atoms with Crippen LogP contribution in [0.3, 0.4) is 0 Å². The van der Waals surface area contributed by atoms with E-state index in [1.165, 1.54) is 0 Å². The fourth-order valence-corrected chi connectivity index (χ4v) is 2.14. The van der Waals surface area contributed by atoms with E-state index in [9.17, 15) is 4.79 Å². The quantitative estimate of drug-likeness (QED) is 0.541. The van der Waals surface area contributed by atoms with Crippen molar-refractivity contribution in [3.05, 3.63) is 11.8 Å². The van der Waals surface area contributed by atoms with E-state index in [0.29, 0.717) is 11.8 Å². The van der Waals surface area contributed by atoms with Gasteiger partial charge in [-0.15, -0.1) is 0 Å². The van der Waals surface area contributed by atoms with Crippen molar-refractivity contribution in [2.45, 2.75) is 32.7 Å². The lowest BCUT2D eigenvalue weighted by molar-refractivity contribution is -0.130. The number of likely N-dealkylation sites (tertiary alicyclic amines) is 1. The standard InChI is InChI=1S/C12H20N6O/c1-8-7-14-12(17-13)16-10(8)15-9(2)11(19)18-5-3-4-6-18/h7,9H,3-6,13H2,1-2H3,(H2,14,15,16,17). The molecule has 1 unspecified atom stereocenters. The summed E-state index contributed by atoms with van der Waals surface area (Å²) in [5.41, 5.74) is 3.27. The summed E-state index contributed by atoms with van der Waals surface area (Å²) in [6, 6.07) is -0.308. The number of carbonyl (C=O) groups is 1. The SMILES string of the molecule is Cc1cnc(NN)nc1NC(C)C(=O)N1CCCC1. The fraction of sp³-hybridized carbons (Fsp3) is 0.583. The number of nitrogens with one attached hydrogen (secondary N) is 2. The molecule has 0 aromatic carbocycles. The summed E-state index contributed by atoms with van der Waals surface area (Å²) in [7, 11) is 0. The van der Waals surface area contributed by atoms with Crippen LogP contribution < -0.4 is 16.6 Å². The molecule has 1 atom stereocenters. The van der Waals surface area contributed by atoms with Crippen LogP contribution in [0.4, 0.5) is 11.8 Å². The monoisotopic (exact) mass is 264 g/mol. The van der Waals surface area contributed by atoms with Crippen LogP contribution in [0, 0.1) is 6.92 Å². The molecule has 0 bridgehead atoms. The van der Waals surface area contributed by atoms with Crippen molar-refractivity contribution in [2.24, 2.45) is 5.84 Å². The van der Waals surface area contributed by atoms with Gasteiger partial charge in [0.05, 0.1) is 0 Å². The first-order valence-corrected chi connectivity index (χ1v) is 6.47. The molecule has 4 N–H and O–H groups in total. The molecule has 1 aromatic rings. The number of aromatic nitrogens is 2. The Morgan fingerprint density at radius 2 is 2.16 bits per heavy atom. The largest absolute Gasteiger partial charge is 0.358 e. The molecule has 1 amide bonds. The molecule has 2 heterocycles. The second kappa shape index (κ2) is 5.83. The molecule has 19 heavy (non-hydrogen) atoms. The van der Waals surface area contributed by atoms with Gasteiger partial charge < -0.3 is 10.2 Å². The van der Waals surface area contributed by atoms with Crippen LogP contribution in [0.5, 0.6) is 0 Å². The van der Waals surface area contributed by atoms with Gasteiger partial charge in [0, 0.05) is 24.8 Å². The van der Waals surface area contributed by atoms with Crippen molar-refractivity contribution in [2.75, 3.05) is 23.8 Å². The second-order valence-electron chi connectivity index (χ2n) is 4.77. The highest BCUT2D eigenvalue weighted by atomic mass is 16.2. The van der Waals surface area contributed by atoms with Crippen LogP contribution in [0.1, 0.15) is 25.3 Å². The lowest BCUT2D eigenvalue weighted by Gasteiger charge is -2.22. The molecular formula is C12H20N6O. The molecular weight excluding hydrogens is 244 g/mol. The molecule has 1 saturated heterocycles. The molecule has 1 fully saturated rings. The average molecular weight is 264 g/mol. The third-order valence-corrected chi connectivity index (χ3v) is 3.24. The first-order valence-electron chi connectivity index (χ1n) is 6.47. The summed E-state index contributed by atoms with van der Waals surface area (Å²) in [6.07, 6.45) is 3.84. The number of anilines is 2. The third kappa shape index (κ3) is 3.11. The highest BCUT2D eigenvalue weighted by Crippen LogP contribution is 2.15. The zero-order chi connectivity index (χ0) is 13.8. The highest BCUT2D eigenvalue weighted by molar-refractivity contribution is 5.84. The van der Waals surface area contributed by atoms with Crippen LogP contribution in [0.2, 0.25) is 0 Å². The molecule has 1 aliphatic rings. The lowest BCUT2D eigenvalue weighted by atomic mass is 10.2. The molecule has 7 heteroatoms. The number of aryl methyl sites for hydroxylation is 1. The smallest absolute Gasteiger partial charge is 0.244 e. The number of hydrazine groups is 1. The van der Waals surface area contributed by atoms with E-state index in [1.54, 1.807) is 6.20 Å². The van der Waals surface area contributed by atoms with E-state index in [4.69, 9.17) is 5.84 Å². The number of nitrogens with two attached hydrogens (primary N) is 1. The highest BCUT2D eigenvalue weighted by Gasteiger charge is 2.23. The molecule has 0 saturated carbocycles. The Balaban J connectivity index is 2.05. The van der Waals surface area contributed by atoms with Crippen molar-refractivity contribution < 1.29 is 4.79 Å². The number of nitrogens with zero attached hydrogens (tertiary/aromatic N) is 3. The summed E-state index contributed by atoms with van der Waals surface area (Å²) < 4.78 is 0. The van der Waals surface area contributed by atoms with E-state index in [1.807, 2.05) is 18.7 Å². The van der Waals surface area contributed by atoms with Crippen molar-refractivity contribution in [1.82, 2.24) is 14.9 Å². The molecule has 2 rings (SSSR count). The number of rotatable bonds is 4. The number of nitrogen functional groups attached to an aromatic ring is 1. The van der Waals surface area contributed by atoms with Crippen LogP contribution in [0.15, 0.2) is 6.20 Å². The number of amides is 1. The molecule has 1 aromatic heterocycles. The lowest BCUT2D eigenvalue weighted by Crippen LogP contribution is -2.40. The topological polar surface area (TPSA) is 96.2 Å². The van der Waals surface area contributed by atoms with Gasteiger partial charge in [0.15, 0.2) is 0 Å². The second-order valence-corrected chi connectivity index (χ2v) is 4.77. The fourth-order valence-electron chi connectivity index (χ4n) is 2.14. The molecule has 7 nitrogen and oxygen atoms in total. The Kier molecular flexibility index (Phi) is 4.16. The maximum atomic E-state index is 12.2. The van der Waals surface area contributed by atoms with Crippen molar-refractivity contribution in [1.29, 1.82) is 0 Å². The van der Waals surface area contributed by atoms with Gasteiger partial charge in [-0.05, 0) is 26.7 Å². The Morgan fingerprint density at radius 1 is 1.47 bits per heavy atom. The van der Waals surface area contributed by atoms with Gasteiger partial charge in [-0.3, -0.25) is 10.2 Å². The van der Waals surface area contributed by atoms with E-state index in [-0.39, 0.29) is 11.9 Å². The number of hydrogen-bond acceptors (Lipinski definition) is 6. The zero-order valence-electron chi connectivity index (χ0n) is 11.3. The van der Waals surface area contributed by atoms with Crippen molar-refractivity contribution >= 4 is 17.7 Å². The summed E-state index contributed by atoms with van der Waals surface area (Å²) >= 11 is 0. The predicted molar refractivity (Wildman–Crippen MR) is 73.5 cm³/mol. The van der Waals surface area contributed by atoms with Gasteiger partial charge in [-0.1, -0.05) is 0 Å². The first kappa shape index (κ1) is 13.5. The molecule has 0 radical (unpaired) electrons. The maximum Gasteiger partial charge on any atom is 0.244 e. The molecule has 0 spiro atoms. The van der Waals surface area contributed by atoms with Gasteiger partial charge >= 0.3 is 0 Å². The van der Waals surface area contributed by atoms with Gasteiger partial charge in [0.2, 0.25) is 11.9 Å². The van der Waals surface area contributed by atoms with E-state index in [2.05, 4.69) is 20.7 Å². The molecule has 1 aliphatic heterocycles. The van der Waals surface area contributed by atoms with Gasteiger partial charge in [0.1, 0.15) is 11.9 Å². The minimum Gasteiger partial charge on any atom is -0.358 e. The average Bonchev–Trinajstić information content (AvgIpc) is 2.94. The van der Waals surface area contributed by atoms with Crippen LogP contribution in [-0.4, -0.2) is 39.9 Å². The maximum absolute atomic E-state index is 12.2. The Bertz CT molecular complexity index is 458. The number of carbonyl (C=O) groups excluding carboxylic acids is 1. The van der Waals surface area contributed by atoms with Crippen LogP contribution >= 0.6 is 0 Å². The minimum atomic E-state index is -0.308. The molecule has 0 aliphatic carbocycles. The Labute approximate surface area is 112 Å².